The van der Waals surface area contributed by atoms with E-state index in [9.17, 15) is 4.79 Å². The van der Waals surface area contributed by atoms with Gasteiger partial charge in [-0.1, -0.05) is 18.2 Å². The smallest absolute Gasteiger partial charge is 0.253 e. The average Bonchev–Trinajstić information content (AvgIpc) is 2.89. The number of aryl methyl sites for hydroxylation is 1. The van der Waals surface area contributed by atoms with Crippen molar-refractivity contribution < 1.29 is 4.79 Å². The van der Waals surface area contributed by atoms with Crippen LogP contribution in [0.4, 0.5) is 0 Å². The lowest BCUT2D eigenvalue weighted by molar-refractivity contribution is 0.0933. The first-order chi connectivity index (χ1) is 11.2. The zero-order chi connectivity index (χ0) is 15.8. The van der Waals surface area contributed by atoms with Gasteiger partial charge in [0, 0.05) is 42.1 Å². The highest BCUT2D eigenvalue weighted by atomic mass is 16.1. The Bertz CT molecular complexity index is 867. The van der Waals surface area contributed by atoms with Crippen molar-refractivity contribution in [1.29, 1.82) is 0 Å². The lowest BCUT2D eigenvalue weighted by atomic mass is 9.91. The number of benzene rings is 1. The second kappa shape index (κ2) is 5.54. The maximum Gasteiger partial charge on any atom is 0.253 e. The van der Waals surface area contributed by atoms with Crippen molar-refractivity contribution in [2.45, 2.75) is 25.3 Å². The van der Waals surface area contributed by atoms with E-state index in [4.69, 9.17) is 0 Å². The first-order valence-corrected chi connectivity index (χ1v) is 8.00. The Balaban J connectivity index is 1.59. The molecule has 0 aliphatic heterocycles. The molecule has 0 radical (unpaired) electrons. The molecule has 4 rings (SSSR count). The molecule has 0 bridgehead atoms. The molecule has 116 valence electrons. The van der Waals surface area contributed by atoms with Crippen molar-refractivity contribution in [2.24, 2.45) is 7.05 Å². The Labute approximate surface area is 135 Å². The number of aromatic nitrogens is 2. The number of hydrogen-bond acceptors (Lipinski definition) is 2. The second-order valence-corrected chi connectivity index (χ2v) is 6.16. The monoisotopic (exact) mass is 305 g/mol. The Kier molecular flexibility index (Phi) is 3.37. The fraction of sp³-hybridized carbons (Fsp3) is 0.263. The van der Waals surface area contributed by atoms with Crippen molar-refractivity contribution in [1.82, 2.24) is 14.9 Å². The highest BCUT2D eigenvalue weighted by molar-refractivity contribution is 5.94. The van der Waals surface area contributed by atoms with Gasteiger partial charge in [-0.05, 0) is 43.0 Å². The van der Waals surface area contributed by atoms with Crippen LogP contribution in [0.2, 0.25) is 0 Å². The summed E-state index contributed by atoms with van der Waals surface area (Å²) >= 11 is 0. The summed E-state index contributed by atoms with van der Waals surface area (Å²) in [7, 11) is 2.13. The summed E-state index contributed by atoms with van der Waals surface area (Å²) in [6.45, 7) is 0. The lowest BCUT2D eigenvalue weighted by Gasteiger charge is -2.24. The summed E-state index contributed by atoms with van der Waals surface area (Å²) in [6.07, 6.45) is 6.16. The normalized spacial score (nSPS) is 17.0. The molecule has 1 unspecified atom stereocenters. The van der Waals surface area contributed by atoms with Gasteiger partial charge >= 0.3 is 0 Å². The standard InChI is InChI=1S/C19H19N3O/c1-22-17-7-3-2-6-15(17)16-11-14(8-9-18(16)22)21-19(23)13-5-4-10-20-12-13/h2-7,10,12,14H,8-9,11H2,1H3,(H,21,23). The van der Waals surface area contributed by atoms with Crippen molar-refractivity contribution in [3.05, 3.63) is 65.6 Å². The molecule has 4 heteroatoms. The minimum atomic E-state index is -0.0354. The number of carbonyl (C=O) groups excluding carboxylic acids is 1. The molecule has 1 aliphatic carbocycles. The maximum absolute atomic E-state index is 12.3. The molecule has 2 aromatic heterocycles. The van der Waals surface area contributed by atoms with Crippen LogP contribution in [0.25, 0.3) is 10.9 Å². The van der Waals surface area contributed by atoms with Crippen molar-refractivity contribution >= 4 is 16.8 Å². The van der Waals surface area contributed by atoms with Crippen molar-refractivity contribution in [2.75, 3.05) is 0 Å². The summed E-state index contributed by atoms with van der Waals surface area (Å²) in [5, 5.41) is 4.47. The summed E-state index contributed by atoms with van der Waals surface area (Å²) in [5.41, 5.74) is 4.68. The van der Waals surface area contributed by atoms with Crippen LogP contribution in [0.1, 0.15) is 28.0 Å². The van der Waals surface area contributed by atoms with Gasteiger partial charge in [0.25, 0.3) is 5.91 Å². The van der Waals surface area contributed by atoms with E-state index in [0.717, 1.165) is 19.3 Å². The Morgan fingerprint density at radius 2 is 2.13 bits per heavy atom. The zero-order valence-corrected chi connectivity index (χ0v) is 13.1. The van der Waals surface area contributed by atoms with Gasteiger partial charge in [-0.2, -0.15) is 0 Å². The van der Waals surface area contributed by atoms with Crippen LogP contribution in [-0.2, 0) is 19.9 Å². The highest BCUT2D eigenvalue weighted by Gasteiger charge is 2.25. The van der Waals surface area contributed by atoms with Gasteiger partial charge in [0.2, 0.25) is 0 Å². The predicted molar refractivity (Wildman–Crippen MR) is 90.4 cm³/mol. The van der Waals surface area contributed by atoms with E-state index in [-0.39, 0.29) is 11.9 Å². The van der Waals surface area contributed by atoms with Gasteiger partial charge in [0.05, 0.1) is 5.56 Å². The molecule has 0 fully saturated rings. The number of nitrogens with one attached hydrogen (secondary N) is 1. The fourth-order valence-corrected chi connectivity index (χ4v) is 3.62. The quantitative estimate of drug-likeness (QED) is 0.791. The summed E-state index contributed by atoms with van der Waals surface area (Å²) < 4.78 is 2.30. The lowest BCUT2D eigenvalue weighted by Crippen LogP contribution is -2.39. The number of amides is 1. The largest absolute Gasteiger partial charge is 0.349 e. The molecule has 0 saturated carbocycles. The number of para-hydroxylation sites is 1. The van der Waals surface area contributed by atoms with E-state index in [1.165, 1.54) is 22.2 Å². The molecule has 1 amide bonds. The van der Waals surface area contributed by atoms with E-state index in [1.54, 1.807) is 24.5 Å². The van der Waals surface area contributed by atoms with E-state index in [0.29, 0.717) is 5.56 Å². The summed E-state index contributed by atoms with van der Waals surface area (Å²) in [6, 6.07) is 12.3. The van der Waals surface area contributed by atoms with Gasteiger partial charge in [-0.15, -0.1) is 0 Å². The van der Waals surface area contributed by atoms with Crippen LogP contribution < -0.4 is 5.32 Å². The van der Waals surface area contributed by atoms with Crippen LogP contribution in [0.5, 0.6) is 0 Å². The van der Waals surface area contributed by atoms with E-state index in [1.807, 2.05) is 0 Å². The number of fused-ring (bicyclic) bond motifs is 3. The number of pyridine rings is 1. The molecule has 1 aliphatic rings. The molecule has 2 heterocycles. The van der Waals surface area contributed by atoms with Gasteiger partial charge in [-0.25, -0.2) is 0 Å². The molecular weight excluding hydrogens is 286 g/mol. The Morgan fingerprint density at radius 3 is 2.96 bits per heavy atom. The zero-order valence-electron chi connectivity index (χ0n) is 13.1. The number of hydrogen-bond donors (Lipinski definition) is 1. The minimum Gasteiger partial charge on any atom is -0.349 e. The predicted octanol–water partition coefficient (Wildman–Crippen LogP) is 2.86. The second-order valence-electron chi connectivity index (χ2n) is 6.16. The third-order valence-corrected chi connectivity index (χ3v) is 4.78. The van der Waals surface area contributed by atoms with Gasteiger partial charge in [0.1, 0.15) is 0 Å². The van der Waals surface area contributed by atoms with Crippen molar-refractivity contribution in [3.8, 4) is 0 Å². The van der Waals surface area contributed by atoms with Crippen molar-refractivity contribution in [3.63, 3.8) is 0 Å². The molecule has 1 atom stereocenters. The third-order valence-electron chi connectivity index (χ3n) is 4.78. The highest BCUT2D eigenvalue weighted by Crippen LogP contribution is 2.31. The van der Waals surface area contributed by atoms with Gasteiger partial charge in [-0.3, -0.25) is 9.78 Å². The summed E-state index contributed by atoms with van der Waals surface area (Å²) in [5.74, 6) is -0.0354. The summed E-state index contributed by atoms with van der Waals surface area (Å²) in [4.78, 5) is 16.4. The van der Waals surface area contributed by atoms with E-state index < -0.39 is 0 Å². The molecule has 0 spiro atoms. The average molecular weight is 305 g/mol. The number of carbonyl (C=O) groups is 1. The molecule has 23 heavy (non-hydrogen) atoms. The van der Waals surface area contributed by atoms with Gasteiger partial charge in [0.15, 0.2) is 0 Å². The number of rotatable bonds is 2. The minimum absolute atomic E-state index is 0.0354. The van der Waals surface area contributed by atoms with Crippen LogP contribution in [0, 0.1) is 0 Å². The van der Waals surface area contributed by atoms with Crippen LogP contribution >= 0.6 is 0 Å². The first-order valence-electron chi connectivity index (χ1n) is 8.00. The Hall–Kier alpha value is -2.62. The Morgan fingerprint density at radius 1 is 1.26 bits per heavy atom. The van der Waals surface area contributed by atoms with Crippen LogP contribution in [0.3, 0.4) is 0 Å². The first kappa shape index (κ1) is 14.0. The van der Waals surface area contributed by atoms with E-state index in [2.05, 4.69) is 46.2 Å². The molecule has 0 saturated heterocycles. The number of nitrogens with zero attached hydrogens (tertiary/aromatic N) is 2. The topological polar surface area (TPSA) is 46.9 Å². The fourth-order valence-electron chi connectivity index (χ4n) is 3.62. The SMILES string of the molecule is Cn1c2c(c3ccccc31)CC(NC(=O)c1cccnc1)CC2. The molecular formula is C19H19N3O. The van der Waals surface area contributed by atoms with Crippen LogP contribution in [0.15, 0.2) is 48.8 Å². The third kappa shape index (κ3) is 2.40. The van der Waals surface area contributed by atoms with E-state index >= 15 is 0 Å². The molecule has 4 nitrogen and oxygen atoms in total. The maximum atomic E-state index is 12.3. The molecule has 3 aromatic rings. The van der Waals surface area contributed by atoms with Crippen LogP contribution in [-0.4, -0.2) is 21.5 Å². The molecule has 1 N–H and O–H groups in total. The molecule has 1 aromatic carbocycles. The van der Waals surface area contributed by atoms with Gasteiger partial charge < -0.3 is 9.88 Å².